The lowest BCUT2D eigenvalue weighted by molar-refractivity contribution is -0.385. The second-order valence-corrected chi connectivity index (χ2v) is 5.55. The zero-order valence-electron chi connectivity index (χ0n) is 11.3. The number of nitro groups is 1. The molecule has 0 aliphatic rings. The summed E-state index contributed by atoms with van der Waals surface area (Å²) in [5, 5.41) is 14.1. The van der Waals surface area contributed by atoms with Gasteiger partial charge in [-0.25, -0.2) is 4.98 Å². The van der Waals surface area contributed by atoms with Gasteiger partial charge >= 0.3 is 0 Å². The van der Waals surface area contributed by atoms with Crippen molar-refractivity contribution in [3.05, 3.63) is 50.0 Å². The Morgan fingerprint density at radius 3 is 2.60 bits per heavy atom. The summed E-state index contributed by atoms with van der Waals surface area (Å²) < 4.78 is 0. The Kier molecular flexibility index (Phi) is 3.80. The van der Waals surface area contributed by atoms with Gasteiger partial charge in [-0.15, -0.1) is 11.3 Å². The van der Waals surface area contributed by atoms with Crippen molar-refractivity contribution < 1.29 is 9.72 Å². The van der Waals surface area contributed by atoms with Crippen molar-refractivity contribution in [1.29, 1.82) is 0 Å². The first-order valence-corrected chi connectivity index (χ1v) is 6.71. The van der Waals surface area contributed by atoms with E-state index in [0.29, 0.717) is 10.7 Å². The van der Waals surface area contributed by atoms with E-state index in [1.807, 2.05) is 13.8 Å². The maximum atomic E-state index is 12.2. The predicted octanol–water partition coefficient (Wildman–Crippen LogP) is 3.23. The number of carbonyl (C=O) groups is 1. The zero-order chi connectivity index (χ0) is 14.9. The van der Waals surface area contributed by atoms with E-state index in [0.717, 1.165) is 10.6 Å². The number of nitrogens with one attached hydrogen (secondary N) is 1. The maximum Gasteiger partial charge on any atom is 0.285 e. The van der Waals surface area contributed by atoms with Crippen LogP contribution in [0.15, 0.2) is 18.2 Å². The number of carbonyl (C=O) groups excluding carboxylic acids is 1. The minimum Gasteiger partial charge on any atom is -0.298 e. The quantitative estimate of drug-likeness (QED) is 0.695. The average Bonchev–Trinajstić information content (AvgIpc) is 2.67. The number of benzene rings is 1. The molecule has 1 N–H and O–H groups in total. The van der Waals surface area contributed by atoms with E-state index in [1.54, 1.807) is 19.1 Å². The summed E-state index contributed by atoms with van der Waals surface area (Å²) in [4.78, 5) is 27.9. The molecule has 0 spiro atoms. The Hall–Kier alpha value is -2.28. The summed E-state index contributed by atoms with van der Waals surface area (Å²) in [5.74, 6) is -0.519. The molecule has 104 valence electrons. The van der Waals surface area contributed by atoms with Gasteiger partial charge in [0.25, 0.3) is 11.6 Å². The number of amides is 1. The Morgan fingerprint density at radius 1 is 1.35 bits per heavy atom. The zero-order valence-corrected chi connectivity index (χ0v) is 12.1. The number of nitrogens with zero attached hydrogens (tertiary/aromatic N) is 2. The van der Waals surface area contributed by atoms with Crippen LogP contribution < -0.4 is 5.32 Å². The van der Waals surface area contributed by atoms with Gasteiger partial charge in [-0.05, 0) is 26.8 Å². The lowest BCUT2D eigenvalue weighted by atomic mass is 10.1. The van der Waals surface area contributed by atoms with Crippen LogP contribution in [0, 0.1) is 30.9 Å². The highest BCUT2D eigenvalue weighted by molar-refractivity contribution is 7.15. The molecule has 1 aromatic carbocycles. The molecular weight excluding hydrogens is 278 g/mol. The molecule has 1 amide bonds. The summed E-state index contributed by atoms with van der Waals surface area (Å²) in [6.07, 6.45) is 0. The third kappa shape index (κ3) is 2.67. The molecule has 0 fully saturated rings. The fourth-order valence-electron chi connectivity index (χ4n) is 1.78. The maximum absolute atomic E-state index is 12.2. The van der Waals surface area contributed by atoms with Crippen molar-refractivity contribution in [2.45, 2.75) is 20.8 Å². The fourth-order valence-corrected chi connectivity index (χ4v) is 2.58. The summed E-state index contributed by atoms with van der Waals surface area (Å²) in [7, 11) is 0. The number of para-hydroxylation sites is 1. The van der Waals surface area contributed by atoms with Crippen LogP contribution >= 0.6 is 11.3 Å². The van der Waals surface area contributed by atoms with Gasteiger partial charge in [0.2, 0.25) is 0 Å². The van der Waals surface area contributed by atoms with Crippen LogP contribution in [0.1, 0.15) is 26.5 Å². The van der Waals surface area contributed by atoms with E-state index in [1.165, 1.54) is 17.4 Å². The topological polar surface area (TPSA) is 85.1 Å². The SMILES string of the molecule is Cc1cccc(C(=O)Nc2nc(C)c(C)s2)c1[N+](=O)[O-]. The summed E-state index contributed by atoms with van der Waals surface area (Å²) in [6.45, 7) is 5.35. The molecule has 20 heavy (non-hydrogen) atoms. The van der Waals surface area contributed by atoms with Crippen LogP contribution in [0.2, 0.25) is 0 Å². The average molecular weight is 291 g/mol. The molecule has 1 aromatic heterocycles. The van der Waals surface area contributed by atoms with Crippen LogP contribution in [0.5, 0.6) is 0 Å². The van der Waals surface area contributed by atoms with Crippen LogP contribution in [0.25, 0.3) is 0 Å². The molecule has 2 rings (SSSR count). The Bertz CT molecular complexity index is 675. The molecule has 0 aliphatic carbocycles. The molecule has 0 radical (unpaired) electrons. The van der Waals surface area contributed by atoms with Gasteiger partial charge in [-0.3, -0.25) is 20.2 Å². The van der Waals surface area contributed by atoms with Crippen molar-refractivity contribution in [2.24, 2.45) is 0 Å². The molecule has 7 heteroatoms. The number of anilines is 1. The number of thiazole rings is 1. The van der Waals surface area contributed by atoms with Gasteiger partial charge in [0.1, 0.15) is 5.56 Å². The van der Waals surface area contributed by atoms with E-state index < -0.39 is 10.8 Å². The molecule has 2 aromatic rings. The number of aryl methyl sites for hydroxylation is 3. The molecule has 0 bridgehead atoms. The highest BCUT2D eigenvalue weighted by Gasteiger charge is 2.23. The summed E-state index contributed by atoms with van der Waals surface area (Å²) in [6, 6.07) is 4.66. The van der Waals surface area contributed by atoms with Crippen molar-refractivity contribution in [1.82, 2.24) is 4.98 Å². The first kappa shape index (κ1) is 14.1. The Morgan fingerprint density at radius 2 is 2.05 bits per heavy atom. The normalized spacial score (nSPS) is 10.3. The molecule has 0 aliphatic heterocycles. The van der Waals surface area contributed by atoms with Crippen molar-refractivity contribution in [2.75, 3.05) is 5.32 Å². The number of hydrogen-bond acceptors (Lipinski definition) is 5. The second-order valence-electron chi connectivity index (χ2n) is 4.34. The highest BCUT2D eigenvalue weighted by atomic mass is 32.1. The van der Waals surface area contributed by atoms with Gasteiger partial charge in [0.05, 0.1) is 10.6 Å². The van der Waals surface area contributed by atoms with Crippen LogP contribution in [-0.4, -0.2) is 15.8 Å². The van der Waals surface area contributed by atoms with E-state index >= 15 is 0 Å². The largest absolute Gasteiger partial charge is 0.298 e. The molecule has 0 atom stereocenters. The van der Waals surface area contributed by atoms with Crippen LogP contribution in [0.4, 0.5) is 10.8 Å². The van der Waals surface area contributed by atoms with Crippen molar-refractivity contribution >= 4 is 28.1 Å². The van der Waals surface area contributed by atoms with E-state index in [4.69, 9.17) is 0 Å². The van der Waals surface area contributed by atoms with E-state index in [9.17, 15) is 14.9 Å². The minimum atomic E-state index is -0.539. The third-order valence-corrected chi connectivity index (χ3v) is 3.90. The lowest BCUT2D eigenvalue weighted by Crippen LogP contribution is -2.14. The first-order valence-electron chi connectivity index (χ1n) is 5.89. The molecule has 6 nitrogen and oxygen atoms in total. The van der Waals surface area contributed by atoms with Crippen molar-refractivity contribution in [3.63, 3.8) is 0 Å². The Balaban J connectivity index is 2.34. The molecule has 0 saturated heterocycles. The van der Waals surface area contributed by atoms with E-state index in [-0.39, 0.29) is 11.3 Å². The smallest absolute Gasteiger partial charge is 0.285 e. The summed E-state index contributed by atoms with van der Waals surface area (Å²) in [5.41, 5.74) is 1.16. The standard InChI is InChI=1S/C13H13N3O3S/c1-7-5-4-6-10(11(7)16(18)19)12(17)15-13-14-8(2)9(3)20-13/h4-6H,1-3H3,(H,14,15,17). The van der Waals surface area contributed by atoms with Gasteiger partial charge in [0, 0.05) is 10.4 Å². The highest BCUT2D eigenvalue weighted by Crippen LogP contribution is 2.26. The number of hydrogen-bond donors (Lipinski definition) is 1. The number of aromatic nitrogens is 1. The monoisotopic (exact) mass is 291 g/mol. The van der Waals surface area contributed by atoms with Gasteiger partial charge in [-0.2, -0.15) is 0 Å². The van der Waals surface area contributed by atoms with Gasteiger partial charge < -0.3 is 0 Å². The fraction of sp³-hybridized carbons (Fsp3) is 0.231. The van der Waals surface area contributed by atoms with Crippen LogP contribution in [-0.2, 0) is 0 Å². The minimum absolute atomic E-state index is 0.0421. The number of nitro benzene ring substituents is 1. The second kappa shape index (κ2) is 5.38. The van der Waals surface area contributed by atoms with Crippen LogP contribution in [0.3, 0.4) is 0 Å². The number of rotatable bonds is 3. The molecule has 1 heterocycles. The lowest BCUT2D eigenvalue weighted by Gasteiger charge is -2.04. The molecule has 0 unspecified atom stereocenters. The van der Waals surface area contributed by atoms with Gasteiger partial charge in [-0.1, -0.05) is 12.1 Å². The van der Waals surface area contributed by atoms with E-state index in [2.05, 4.69) is 10.3 Å². The van der Waals surface area contributed by atoms with Gasteiger partial charge in [0.15, 0.2) is 5.13 Å². The molecular formula is C13H13N3O3S. The summed E-state index contributed by atoms with van der Waals surface area (Å²) >= 11 is 1.34. The molecule has 0 saturated carbocycles. The first-order chi connectivity index (χ1) is 9.40. The van der Waals surface area contributed by atoms with Crippen molar-refractivity contribution in [3.8, 4) is 0 Å². The Labute approximate surface area is 119 Å². The predicted molar refractivity (Wildman–Crippen MR) is 77.4 cm³/mol. The third-order valence-electron chi connectivity index (χ3n) is 2.91.